The minimum absolute atomic E-state index is 0.259. The number of aromatic nitrogens is 1. The SMILES string of the molecule is COC(=O)c1cccs1.N#Cc1ccncc1. The molecule has 86 valence electrons. The third kappa shape index (κ3) is 4.45. The molecule has 0 aliphatic carbocycles. The Morgan fingerprint density at radius 1 is 1.41 bits per heavy atom. The van der Waals surface area contributed by atoms with Crippen LogP contribution in [0.3, 0.4) is 0 Å². The lowest BCUT2D eigenvalue weighted by Gasteiger charge is -1.90. The van der Waals surface area contributed by atoms with Crippen LogP contribution in [0.5, 0.6) is 0 Å². The minimum atomic E-state index is -0.259. The van der Waals surface area contributed by atoms with E-state index in [0.717, 1.165) is 0 Å². The van der Waals surface area contributed by atoms with E-state index in [9.17, 15) is 4.79 Å². The zero-order valence-corrected chi connectivity index (χ0v) is 9.98. The van der Waals surface area contributed by atoms with Crippen molar-refractivity contribution in [3.05, 3.63) is 52.5 Å². The number of pyridine rings is 1. The molecule has 2 aromatic rings. The van der Waals surface area contributed by atoms with Gasteiger partial charge in [0.2, 0.25) is 0 Å². The molecule has 0 radical (unpaired) electrons. The predicted octanol–water partition coefficient (Wildman–Crippen LogP) is 2.49. The molecule has 0 aliphatic rings. The summed E-state index contributed by atoms with van der Waals surface area (Å²) in [5.74, 6) is -0.259. The Morgan fingerprint density at radius 2 is 2.12 bits per heavy atom. The second kappa shape index (κ2) is 7.14. The van der Waals surface area contributed by atoms with Crippen LogP contribution in [0.15, 0.2) is 42.0 Å². The van der Waals surface area contributed by atoms with Gasteiger partial charge in [0.15, 0.2) is 0 Å². The molecule has 0 atom stereocenters. The molecule has 4 nitrogen and oxygen atoms in total. The van der Waals surface area contributed by atoms with Gasteiger partial charge in [0.25, 0.3) is 0 Å². The molecule has 0 saturated heterocycles. The van der Waals surface area contributed by atoms with Crippen molar-refractivity contribution in [3.63, 3.8) is 0 Å². The Hall–Kier alpha value is -2.19. The molecule has 0 fully saturated rings. The number of carbonyl (C=O) groups is 1. The van der Waals surface area contributed by atoms with Crippen molar-refractivity contribution in [2.24, 2.45) is 0 Å². The maximum Gasteiger partial charge on any atom is 0.348 e. The van der Waals surface area contributed by atoms with Gasteiger partial charge in [-0.25, -0.2) is 4.79 Å². The third-order valence-electron chi connectivity index (χ3n) is 1.72. The maximum absolute atomic E-state index is 10.7. The van der Waals surface area contributed by atoms with E-state index in [-0.39, 0.29) is 5.97 Å². The van der Waals surface area contributed by atoms with Crippen LogP contribution in [0.2, 0.25) is 0 Å². The van der Waals surface area contributed by atoms with E-state index < -0.39 is 0 Å². The molecule has 0 unspecified atom stereocenters. The van der Waals surface area contributed by atoms with Gasteiger partial charge in [-0.15, -0.1) is 11.3 Å². The van der Waals surface area contributed by atoms with Crippen LogP contribution < -0.4 is 0 Å². The summed E-state index contributed by atoms with van der Waals surface area (Å²) in [5, 5.41) is 10.1. The standard InChI is InChI=1S/C6H4N2.C6H6O2S/c7-5-6-1-3-8-4-2-6;1-8-6(7)5-3-2-4-9-5/h1-4H;2-4H,1H3. The first-order chi connectivity index (χ1) is 8.27. The molecule has 2 heterocycles. The van der Waals surface area contributed by atoms with Gasteiger partial charge in [-0.05, 0) is 23.6 Å². The van der Waals surface area contributed by atoms with Crippen molar-refractivity contribution in [3.8, 4) is 6.07 Å². The minimum Gasteiger partial charge on any atom is -0.465 e. The van der Waals surface area contributed by atoms with Crippen molar-refractivity contribution >= 4 is 17.3 Å². The highest BCUT2D eigenvalue weighted by atomic mass is 32.1. The highest BCUT2D eigenvalue weighted by Crippen LogP contribution is 2.08. The zero-order valence-electron chi connectivity index (χ0n) is 9.16. The second-order valence-corrected chi connectivity index (χ2v) is 3.76. The Balaban J connectivity index is 0.000000171. The lowest BCUT2D eigenvalue weighted by atomic mass is 10.3. The predicted molar refractivity (Wildman–Crippen MR) is 64.6 cm³/mol. The molecule has 5 heteroatoms. The summed E-state index contributed by atoms with van der Waals surface area (Å²) in [6.07, 6.45) is 3.19. The van der Waals surface area contributed by atoms with Gasteiger partial charge < -0.3 is 4.74 Å². The molecule has 0 spiro atoms. The maximum atomic E-state index is 10.7. The highest BCUT2D eigenvalue weighted by molar-refractivity contribution is 7.11. The van der Waals surface area contributed by atoms with Gasteiger partial charge in [0.05, 0.1) is 18.7 Å². The van der Waals surface area contributed by atoms with Crippen LogP contribution in [0.25, 0.3) is 0 Å². The molecule has 0 N–H and O–H groups in total. The molecule has 0 amide bonds. The number of hydrogen-bond donors (Lipinski definition) is 0. The largest absolute Gasteiger partial charge is 0.465 e. The number of nitrogens with zero attached hydrogens (tertiary/aromatic N) is 2. The fourth-order valence-corrected chi connectivity index (χ4v) is 1.56. The van der Waals surface area contributed by atoms with Crippen molar-refractivity contribution in [2.75, 3.05) is 7.11 Å². The lowest BCUT2D eigenvalue weighted by Crippen LogP contribution is -1.96. The number of ether oxygens (including phenoxy) is 1. The summed E-state index contributed by atoms with van der Waals surface area (Å²) in [7, 11) is 1.38. The van der Waals surface area contributed by atoms with E-state index in [4.69, 9.17) is 5.26 Å². The summed E-state index contributed by atoms with van der Waals surface area (Å²) in [6.45, 7) is 0. The van der Waals surface area contributed by atoms with Crippen LogP contribution in [0, 0.1) is 11.3 Å². The first-order valence-corrected chi connectivity index (χ1v) is 5.58. The molecule has 17 heavy (non-hydrogen) atoms. The average molecular weight is 246 g/mol. The fourth-order valence-electron chi connectivity index (χ4n) is 0.922. The molecule has 0 aliphatic heterocycles. The Bertz CT molecular complexity index is 489. The van der Waals surface area contributed by atoms with Gasteiger partial charge in [-0.2, -0.15) is 5.26 Å². The quantitative estimate of drug-likeness (QED) is 0.725. The number of hydrogen-bond acceptors (Lipinski definition) is 5. The van der Waals surface area contributed by atoms with Crippen molar-refractivity contribution in [1.82, 2.24) is 4.98 Å². The first kappa shape index (κ1) is 12.9. The monoisotopic (exact) mass is 246 g/mol. The van der Waals surface area contributed by atoms with Crippen LogP contribution in [-0.4, -0.2) is 18.1 Å². The van der Waals surface area contributed by atoms with Gasteiger partial charge in [-0.3, -0.25) is 4.98 Å². The van der Waals surface area contributed by atoms with Crippen molar-refractivity contribution in [1.29, 1.82) is 5.26 Å². The molecule has 0 aromatic carbocycles. The van der Waals surface area contributed by atoms with E-state index in [1.165, 1.54) is 18.4 Å². The zero-order chi connectivity index (χ0) is 12.5. The normalized spacial score (nSPS) is 8.47. The number of rotatable bonds is 1. The summed E-state index contributed by atoms with van der Waals surface area (Å²) in [4.78, 5) is 15.1. The number of nitriles is 1. The van der Waals surface area contributed by atoms with Crippen LogP contribution in [0.4, 0.5) is 0 Å². The van der Waals surface area contributed by atoms with E-state index in [1.54, 1.807) is 30.6 Å². The summed E-state index contributed by atoms with van der Waals surface area (Å²) in [6, 6.07) is 8.87. The highest BCUT2D eigenvalue weighted by Gasteiger charge is 2.03. The lowest BCUT2D eigenvalue weighted by molar-refractivity contribution is 0.0606. The van der Waals surface area contributed by atoms with Crippen LogP contribution in [-0.2, 0) is 4.74 Å². The van der Waals surface area contributed by atoms with E-state index in [0.29, 0.717) is 10.4 Å². The Labute approximate surface area is 103 Å². The number of methoxy groups -OCH3 is 1. The van der Waals surface area contributed by atoms with Crippen molar-refractivity contribution < 1.29 is 9.53 Å². The van der Waals surface area contributed by atoms with Gasteiger partial charge in [0, 0.05) is 12.4 Å². The first-order valence-electron chi connectivity index (χ1n) is 4.70. The molecule has 2 aromatic heterocycles. The number of carbonyl (C=O) groups excluding carboxylic acids is 1. The topological polar surface area (TPSA) is 63.0 Å². The molecule has 0 bridgehead atoms. The molecular formula is C12H10N2O2S. The summed E-state index contributed by atoms with van der Waals surface area (Å²) in [5.41, 5.74) is 0.653. The van der Waals surface area contributed by atoms with Gasteiger partial charge >= 0.3 is 5.97 Å². The molecular weight excluding hydrogens is 236 g/mol. The fraction of sp³-hybridized carbons (Fsp3) is 0.0833. The van der Waals surface area contributed by atoms with Gasteiger partial charge in [-0.1, -0.05) is 6.07 Å². The number of esters is 1. The van der Waals surface area contributed by atoms with E-state index in [1.807, 2.05) is 17.5 Å². The third-order valence-corrected chi connectivity index (χ3v) is 2.57. The molecule has 0 saturated carbocycles. The molecule has 2 rings (SSSR count). The Morgan fingerprint density at radius 3 is 2.53 bits per heavy atom. The number of thiophene rings is 1. The van der Waals surface area contributed by atoms with E-state index in [2.05, 4.69) is 9.72 Å². The second-order valence-electron chi connectivity index (χ2n) is 2.82. The average Bonchev–Trinajstić information content (AvgIpc) is 2.93. The van der Waals surface area contributed by atoms with E-state index >= 15 is 0 Å². The smallest absolute Gasteiger partial charge is 0.348 e. The summed E-state index contributed by atoms with van der Waals surface area (Å²) < 4.78 is 4.47. The van der Waals surface area contributed by atoms with Crippen LogP contribution in [0.1, 0.15) is 15.2 Å². The van der Waals surface area contributed by atoms with Crippen LogP contribution >= 0.6 is 11.3 Å². The summed E-state index contributed by atoms with van der Waals surface area (Å²) >= 11 is 1.38. The van der Waals surface area contributed by atoms with Gasteiger partial charge in [0.1, 0.15) is 4.88 Å². The van der Waals surface area contributed by atoms with Crippen molar-refractivity contribution in [2.45, 2.75) is 0 Å². The Kier molecular flexibility index (Phi) is 5.41.